The molecule has 0 aliphatic rings. The van der Waals surface area contributed by atoms with Gasteiger partial charge in [-0.05, 0) is 30.2 Å². The van der Waals surface area contributed by atoms with Gasteiger partial charge in [-0.1, -0.05) is 50.6 Å². The summed E-state index contributed by atoms with van der Waals surface area (Å²) < 4.78 is 2.03. The third-order valence-electron chi connectivity index (χ3n) is 5.22. The number of aromatic nitrogens is 8. The van der Waals surface area contributed by atoms with Crippen molar-refractivity contribution in [2.24, 2.45) is 0 Å². The topological polar surface area (TPSA) is 98.1 Å². The smallest absolute Gasteiger partial charge is 0.205 e. The molecule has 0 bridgehead atoms. The van der Waals surface area contributed by atoms with Crippen LogP contribution in [0.1, 0.15) is 57.0 Å². The van der Waals surface area contributed by atoms with Gasteiger partial charge in [-0.2, -0.15) is 10.3 Å². The van der Waals surface area contributed by atoms with E-state index in [1.807, 2.05) is 35.1 Å². The van der Waals surface area contributed by atoms with Crippen LogP contribution in [0.3, 0.4) is 0 Å². The monoisotopic (exact) mass is 402 g/mol. The van der Waals surface area contributed by atoms with Crippen molar-refractivity contribution in [1.82, 2.24) is 40.4 Å². The molecule has 1 aromatic carbocycles. The molecule has 1 atom stereocenters. The average Bonchev–Trinajstić information content (AvgIpc) is 3.47. The summed E-state index contributed by atoms with van der Waals surface area (Å²) in [6.07, 6.45) is 5.90. The van der Waals surface area contributed by atoms with Gasteiger partial charge in [-0.15, -0.1) is 10.2 Å². The Morgan fingerprint density at radius 2 is 1.90 bits per heavy atom. The van der Waals surface area contributed by atoms with Crippen molar-refractivity contribution in [2.75, 3.05) is 0 Å². The lowest BCUT2D eigenvalue weighted by molar-refractivity contribution is 0.514. The third kappa shape index (κ3) is 3.98. The maximum Gasteiger partial charge on any atom is 0.205 e. The molecule has 3 heterocycles. The summed E-state index contributed by atoms with van der Waals surface area (Å²) in [6, 6.07) is 12.2. The Morgan fingerprint density at radius 3 is 2.57 bits per heavy atom. The fourth-order valence-corrected chi connectivity index (χ4v) is 3.51. The van der Waals surface area contributed by atoms with Gasteiger partial charge in [0, 0.05) is 30.2 Å². The molecule has 0 fully saturated rings. The molecule has 3 aromatic heterocycles. The number of hydrogen-bond acceptors (Lipinski definition) is 6. The molecule has 0 saturated heterocycles. The lowest BCUT2D eigenvalue weighted by Gasteiger charge is -2.15. The fourth-order valence-electron chi connectivity index (χ4n) is 3.51. The zero-order valence-electron chi connectivity index (χ0n) is 17.6. The van der Waals surface area contributed by atoms with Crippen LogP contribution in [0, 0.1) is 0 Å². The van der Waals surface area contributed by atoms with Gasteiger partial charge in [0.15, 0.2) is 5.82 Å². The van der Waals surface area contributed by atoms with Gasteiger partial charge in [0.05, 0.1) is 11.7 Å². The van der Waals surface area contributed by atoms with Crippen molar-refractivity contribution in [3.63, 3.8) is 0 Å². The first-order valence-electron chi connectivity index (χ1n) is 10.4. The number of benzene rings is 1. The van der Waals surface area contributed by atoms with E-state index in [-0.39, 0.29) is 6.04 Å². The molecule has 8 nitrogen and oxygen atoms in total. The van der Waals surface area contributed by atoms with Crippen molar-refractivity contribution in [3.8, 4) is 22.5 Å². The lowest BCUT2D eigenvalue weighted by Crippen LogP contribution is -2.14. The SMILES string of the molecule is CCCCc1nc(CC)nn1C(C)c1ccc(-c2ccccc2-c2nn[nH]n2)cn1. The molecular formula is C22H26N8. The molecule has 0 radical (unpaired) electrons. The maximum absolute atomic E-state index is 4.76. The molecule has 30 heavy (non-hydrogen) atoms. The summed E-state index contributed by atoms with van der Waals surface area (Å²) in [5.41, 5.74) is 3.90. The van der Waals surface area contributed by atoms with Gasteiger partial charge in [-0.3, -0.25) is 4.98 Å². The van der Waals surface area contributed by atoms with Gasteiger partial charge < -0.3 is 0 Å². The first-order chi connectivity index (χ1) is 14.7. The number of pyridine rings is 1. The Morgan fingerprint density at radius 1 is 1.07 bits per heavy atom. The first-order valence-corrected chi connectivity index (χ1v) is 10.4. The standard InChI is InChI=1S/C22H26N8/c1-4-6-11-21-24-20(5-2)27-30(21)15(3)19-13-12-16(14-23-19)17-9-7-8-10-18(17)22-25-28-29-26-22/h7-10,12-15H,4-6,11H2,1-3H3,(H,25,26,28,29). The van der Waals surface area contributed by atoms with Crippen LogP contribution in [0.25, 0.3) is 22.5 Å². The van der Waals surface area contributed by atoms with Crippen LogP contribution < -0.4 is 0 Å². The second-order valence-electron chi connectivity index (χ2n) is 7.27. The minimum atomic E-state index is 0.0196. The van der Waals surface area contributed by atoms with Crippen LogP contribution >= 0.6 is 0 Å². The Kier molecular flexibility index (Phi) is 5.92. The molecule has 0 aliphatic carbocycles. The van der Waals surface area contributed by atoms with Gasteiger partial charge in [-0.25, -0.2) is 9.67 Å². The normalized spacial score (nSPS) is 12.2. The number of nitrogens with zero attached hydrogens (tertiary/aromatic N) is 7. The van der Waals surface area contributed by atoms with E-state index in [0.29, 0.717) is 5.82 Å². The lowest BCUT2D eigenvalue weighted by atomic mass is 10.00. The van der Waals surface area contributed by atoms with Crippen molar-refractivity contribution in [1.29, 1.82) is 0 Å². The average molecular weight is 403 g/mol. The molecule has 154 valence electrons. The minimum Gasteiger partial charge on any atom is -0.258 e. The third-order valence-corrected chi connectivity index (χ3v) is 5.22. The Hall–Kier alpha value is -3.42. The quantitative estimate of drug-likeness (QED) is 0.478. The maximum atomic E-state index is 4.76. The molecule has 4 rings (SSSR count). The summed E-state index contributed by atoms with van der Waals surface area (Å²) in [4.78, 5) is 9.48. The van der Waals surface area contributed by atoms with Crippen molar-refractivity contribution in [3.05, 3.63) is 59.9 Å². The van der Waals surface area contributed by atoms with E-state index in [1.165, 1.54) is 0 Å². The van der Waals surface area contributed by atoms with Crippen LogP contribution in [0.2, 0.25) is 0 Å². The number of H-pyrrole nitrogens is 1. The summed E-state index contributed by atoms with van der Waals surface area (Å²) >= 11 is 0. The highest BCUT2D eigenvalue weighted by Gasteiger charge is 2.18. The predicted octanol–water partition coefficient (Wildman–Crippen LogP) is 4.03. The predicted molar refractivity (Wildman–Crippen MR) is 115 cm³/mol. The Bertz CT molecular complexity index is 1080. The summed E-state index contributed by atoms with van der Waals surface area (Å²) in [7, 11) is 0. The highest BCUT2D eigenvalue weighted by molar-refractivity contribution is 5.79. The van der Waals surface area contributed by atoms with Gasteiger partial charge in [0.2, 0.25) is 5.82 Å². The number of tetrazole rings is 1. The van der Waals surface area contributed by atoms with Gasteiger partial charge in [0.1, 0.15) is 5.82 Å². The first kappa shape index (κ1) is 19.9. The zero-order chi connectivity index (χ0) is 20.9. The van der Waals surface area contributed by atoms with E-state index in [2.05, 4.69) is 53.5 Å². The number of rotatable bonds is 8. The highest BCUT2D eigenvalue weighted by atomic mass is 15.5. The second-order valence-corrected chi connectivity index (χ2v) is 7.27. The van der Waals surface area contributed by atoms with Crippen molar-refractivity contribution >= 4 is 0 Å². The number of aromatic amines is 1. The Labute approximate surface area is 175 Å². The van der Waals surface area contributed by atoms with E-state index >= 15 is 0 Å². The largest absolute Gasteiger partial charge is 0.258 e. The summed E-state index contributed by atoms with van der Waals surface area (Å²) in [6.45, 7) is 6.40. The Balaban J connectivity index is 1.63. The molecule has 0 saturated carbocycles. The van der Waals surface area contributed by atoms with E-state index in [9.17, 15) is 0 Å². The number of aryl methyl sites for hydroxylation is 2. The van der Waals surface area contributed by atoms with Crippen LogP contribution in [0.5, 0.6) is 0 Å². The zero-order valence-corrected chi connectivity index (χ0v) is 17.6. The fraction of sp³-hybridized carbons (Fsp3) is 0.364. The molecule has 0 aliphatic heterocycles. The van der Waals surface area contributed by atoms with Crippen LogP contribution in [0.4, 0.5) is 0 Å². The van der Waals surface area contributed by atoms with Crippen molar-refractivity contribution in [2.45, 2.75) is 52.5 Å². The van der Waals surface area contributed by atoms with Crippen LogP contribution in [-0.2, 0) is 12.8 Å². The molecule has 1 N–H and O–H groups in total. The number of unbranched alkanes of at least 4 members (excludes halogenated alkanes) is 1. The van der Waals surface area contributed by atoms with E-state index in [0.717, 1.165) is 59.7 Å². The van der Waals surface area contributed by atoms with E-state index < -0.39 is 0 Å². The van der Waals surface area contributed by atoms with E-state index in [1.54, 1.807) is 0 Å². The van der Waals surface area contributed by atoms with Crippen molar-refractivity contribution < 1.29 is 0 Å². The molecule has 1 unspecified atom stereocenters. The summed E-state index contributed by atoms with van der Waals surface area (Å²) in [5, 5.41) is 19.1. The number of hydrogen-bond donors (Lipinski definition) is 1. The molecule has 0 spiro atoms. The molecule has 8 heteroatoms. The van der Waals surface area contributed by atoms with Crippen LogP contribution in [-0.4, -0.2) is 40.4 Å². The van der Waals surface area contributed by atoms with E-state index in [4.69, 9.17) is 15.1 Å². The minimum absolute atomic E-state index is 0.0196. The second kappa shape index (κ2) is 8.94. The molecular weight excluding hydrogens is 376 g/mol. The van der Waals surface area contributed by atoms with Gasteiger partial charge in [0.25, 0.3) is 0 Å². The molecule has 4 aromatic rings. The highest BCUT2D eigenvalue weighted by Crippen LogP contribution is 2.30. The van der Waals surface area contributed by atoms with Crippen LogP contribution in [0.15, 0.2) is 42.6 Å². The molecule has 0 amide bonds. The van der Waals surface area contributed by atoms with Gasteiger partial charge >= 0.3 is 0 Å². The number of nitrogens with one attached hydrogen (secondary N) is 1. The summed E-state index contributed by atoms with van der Waals surface area (Å²) in [5.74, 6) is 2.49.